The van der Waals surface area contributed by atoms with Crippen molar-refractivity contribution in [3.8, 4) is 0 Å². The standard InChI is InChI=1S/C14H20N2O4/c1-9-12(13(17)18)6-11(20-9)8-16-14(19)15-7-10-4-2-3-5-10/h6,10H,2-5,7-8H2,1H3,(H,17,18)(H2,15,16,19). The number of rotatable bonds is 5. The van der Waals surface area contributed by atoms with Crippen LogP contribution in [0.4, 0.5) is 4.79 Å². The summed E-state index contributed by atoms with van der Waals surface area (Å²) in [4.78, 5) is 22.5. The Morgan fingerprint density at radius 1 is 1.35 bits per heavy atom. The summed E-state index contributed by atoms with van der Waals surface area (Å²) >= 11 is 0. The van der Waals surface area contributed by atoms with Crippen LogP contribution in [0.5, 0.6) is 0 Å². The van der Waals surface area contributed by atoms with E-state index in [0.29, 0.717) is 24.0 Å². The fourth-order valence-electron chi connectivity index (χ4n) is 2.52. The monoisotopic (exact) mass is 280 g/mol. The molecule has 1 saturated carbocycles. The molecule has 110 valence electrons. The molecule has 0 aliphatic heterocycles. The van der Waals surface area contributed by atoms with E-state index in [9.17, 15) is 9.59 Å². The number of hydrogen-bond acceptors (Lipinski definition) is 3. The molecule has 0 aromatic carbocycles. The third kappa shape index (κ3) is 3.76. The molecule has 3 N–H and O–H groups in total. The predicted octanol–water partition coefficient (Wildman–Crippen LogP) is 2.28. The van der Waals surface area contributed by atoms with Gasteiger partial charge in [-0.3, -0.25) is 0 Å². The van der Waals surface area contributed by atoms with E-state index >= 15 is 0 Å². The molecule has 1 fully saturated rings. The number of hydrogen-bond donors (Lipinski definition) is 3. The van der Waals surface area contributed by atoms with E-state index in [1.807, 2.05) is 0 Å². The highest BCUT2D eigenvalue weighted by Crippen LogP contribution is 2.23. The molecule has 2 amide bonds. The number of carbonyl (C=O) groups is 2. The maximum atomic E-state index is 11.6. The molecule has 6 heteroatoms. The minimum Gasteiger partial charge on any atom is -0.478 e. The van der Waals surface area contributed by atoms with Gasteiger partial charge in [-0.1, -0.05) is 12.8 Å². The second kappa shape index (κ2) is 6.45. The number of aromatic carboxylic acids is 1. The lowest BCUT2D eigenvalue weighted by molar-refractivity contribution is 0.0695. The van der Waals surface area contributed by atoms with E-state index in [1.54, 1.807) is 6.92 Å². The summed E-state index contributed by atoms with van der Waals surface area (Å²) in [5, 5.41) is 14.4. The highest BCUT2D eigenvalue weighted by Gasteiger charge is 2.16. The molecule has 20 heavy (non-hydrogen) atoms. The van der Waals surface area contributed by atoms with E-state index in [0.717, 1.165) is 0 Å². The van der Waals surface area contributed by atoms with Crippen LogP contribution in [0.3, 0.4) is 0 Å². The number of nitrogens with one attached hydrogen (secondary N) is 2. The largest absolute Gasteiger partial charge is 0.478 e. The van der Waals surface area contributed by atoms with Crippen molar-refractivity contribution in [1.82, 2.24) is 10.6 Å². The van der Waals surface area contributed by atoms with Crippen LogP contribution in [0.2, 0.25) is 0 Å². The first-order chi connectivity index (χ1) is 9.56. The minimum absolute atomic E-state index is 0.133. The van der Waals surface area contributed by atoms with Crippen molar-refractivity contribution in [2.75, 3.05) is 6.54 Å². The zero-order chi connectivity index (χ0) is 14.5. The normalized spacial score (nSPS) is 15.2. The van der Waals surface area contributed by atoms with Crippen LogP contribution in [0, 0.1) is 12.8 Å². The van der Waals surface area contributed by atoms with Gasteiger partial charge in [-0.25, -0.2) is 9.59 Å². The molecular formula is C14H20N2O4. The van der Waals surface area contributed by atoms with Crippen molar-refractivity contribution in [2.24, 2.45) is 5.92 Å². The topological polar surface area (TPSA) is 91.6 Å². The maximum absolute atomic E-state index is 11.6. The quantitative estimate of drug-likeness (QED) is 0.771. The first-order valence-electron chi connectivity index (χ1n) is 6.90. The second-order valence-corrected chi connectivity index (χ2v) is 5.20. The van der Waals surface area contributed by atoms with Crippen LogP contribution >= 0.6 is 0 Å². The number of carboxylic acids is 1. The van der Waals surface area contributed by atoms with Gasteiger partial charge in [0, 0.05) is 6.54 Å². The van der Waals surface area contributed by atoms with Crippen molar-refractivity contribution < 1.29 is 19.1 Å². The zero-order valence-electron chi connectivity index (χ0n) is 11.6. The first-order valence-corrected chi connectivity index (χ1v) is 6.90. The molecule has 1 heterocycles. The fraction of sp³-hybridized carbons (Fsp3) is 0.571. The number of urea groups is 1. The number of aryl methyl sites for hydroxylation is 1. The Morgan fingerprint density at radius 3 is 2.65 bits per heavy atom. The van der Waals surface area contributed by atoms with E-state index in [1.165, 1.54) is 31.7 Å². The summed E-state index contributed by atoms with van der Waals surface area (Å²) in [6, 6.07) is 1.19. The van der Waals surface area contributed by atoms with Gasteiger partial charge in [-0.15, -0.1) is 0 Å². The van der Waals surface area contributed by atoms with Crippen molar-refractivity contribution >= 4 is 12.0 Å². The van der Waals surface area contributed by atoms with Crippen LogP contribution in [-0.4, -0.2) is 23.7 Å². The van der Waals surface area contributed by atoms with Crippen LogP contribution in [0.25, 0.3) is 0 Å². The predicted molar refractivity (Wildman–Crippen MR) is 72.6 cm³/mol. The Balaban J connectivity index is 1.75. The Labute approximate surface area is 117 Å². The minimum atomic E-state index is -1.02. The molecule has 0 radical (unpaired) electrons. The molecule has 1 aliphatic rings. The zero-order valence-corrected chi connectivity index (χ0v) is 11.6. The van der Waals surface area contributed by atoms with Gasteiger partial charge >= 0.3 is 12.0 Å². The summed E-state index contributed by atoms with van der Waals surface area (Å²) in [5.41, 5.74) is 0.133. The Bertz CT molecular complexity index is 489. The van der Waals surface area contributed by atoms with Gasteiger partial charge in [-0.2, -0.15) is 0 Å². The number of carbonyl (C=O) groups excluding carboxylic acids is 1. The average molecular weight is 280 g/mol. The number of amides is 2. The molecule has 0 saturated heterocycles. The summed E-state index contributed by atoms with van der Waals surface area (Å²) in [6.45, 7) is 2.47. The molecule has 0 atom stereocenters. The van der Waals surface area contributed by atoms with Gasteiger partial charge in [0.2, 0.25) is 0 Å². The van der Waals surface area contributed by atoms with Gasteiger partial charge < -0.3 is 20.2 Å². The highest BCUT2D eigenvalue weighted by molar-refractivity contribution is 5.88. The molecule has 6 nitrogen and oxygen atoms in total. The molecule has 2 rings (SSSR count). The highest BCUT2D eigenvalue weighted by atomic mass is 16.4. The van der Waals surface area contributed by atoms with Crippen molar-refractivity contribution in [3.63, 3.8) is 0 Å². The van der Waals surface area contributed by atoms with E-state index in [2.05, 4.69) is 10.6 Å². The van der Waals surface area contributed by atoms with E-state index in [4.69, 9.17) is 9.52 Å². The summed E-state index contributed by atoms with van der Waals surface area (Å²) in [7, 11) is 0. The Hall–Kier alpha value is -1.98. The lowest BCUT2D eigenvalue weighted by Crippen LogP contribution is -2.37. The third-order valence-electron chi connectivity index (χ3n) is 3.65. The molecule has 0 spiro atoms. The fourth-order valence-corrected chi connectivity index (χ4v) is 2.52. The van der Waals surface area contributed by atoms with Gasteiger partial charge in [0.25, 0.3) is 0 Å². The SMILES string of the molecule is Cc1oc(CNC(=O)NCC2CCCC2)cc1C(=O)O. The third-order valence-corrected chi connectivity index (χ3v) is 3.65. The molecule has 1 aromatic rings. The van der Waals surface area contributed by atoms with Crippen molar-refractivity contribution in [2.45, 2.75) is 39.2 Å². The lowest BCUT2D eigenvalue weighted by Gasteiger charge is -2.10. The van der Waals surface area contributed by atoms with E-state index < -0.39 is 5.97 Å². The maximum Gasteiger partial charge on any atom is 0.339 e. The smallest absolute Gasteiger partial charge is 0.339 e. The summed E-state index contributed by atoms with van der Waals surface area (Å²) in [6.07, 6.45) is 4.86. The molecular weight excluding hydrogens is 260 g/mol. The van der Waals surface area contributed by atoms with E-state index in [-0.39, 0.29) is 18.1 Å². The molecule has 1 aromatic heterocycles. The lowest BCUT2D eigenvalue weighted by atomic mass is 10.1. The van der Waals surface area contributed by atoms with Gasteiger partial charge in [0.05, 0.1) is 6.54 Å². The first kappa shape index (κ1) is 14.4. The van der Waals surface area contributed by atoms with Gasteiger partial charge in [0.1, 0.15) is 17.1 Å². The van der Waals surface area contributed by atoms with Gasteiger partial charge in [0.15, 0.2) is 0 Å². The van der Waals surface area contributed by atoms with Crippen LogP contribution in [0.15, 0.2) is 10.5 Å². The van der Waals surface area contributed by atoms with Crippen LogP contribution < -0.4 is 10.6 Å². The number of furan rings is 1. The Kier molecular flexibility index (Phi) is 4.65. The molecule has 1 aliphatic carbocycles. The second-order valence-electron chi connectivity index (χ2n) is 5.20. The summed E-state index contributed by atoms with van der Waals surface area (Å²) < 4.78 is 5.28. The molecule has 0 unspecified atom stereocenters. The Morgan fingerprint density at radius 2 is 2.05 bits per heavy atom. The van der Waals surface area contributed by atoms with Crippen LogP contribution in [-0.2, 0) is 6.54 Å². The number of carboxylic acid groups (broad SMARTS) is 1. The van der Waals surface area contributed by atoms with Crippen LogP contribution in [0.1, 0.15) is 47.6 Å². The van der Waals surface area contributed by atoms with Crippen molar-refractivity contribution in [1.29, 1.82) is 0 Å². The average Bonchev–Trinajstić information content (AvgIpc) is 3.03. The molecule has 0 bridgehead atoms. The van der Waals surface area contributed by atoms with Crippen molar-refractivity contribution in [3.05, 3.63) is 23.2 Å². The van der Waals surface area contributed by atoms with Gasteiger partial charge in [-0.05, 0) is 31.7 Å². The summed E-state index contributed by atoms with van der Waals surface area (Å²) in [5.74, 6) is 0.352.